The number of carbonyl (C=O) groups is 1. The average molecular weight is 295 g/mol. The zero-order valence-corrected chi connectivity index (χ0v) is 11.8. The van der Waals surface area contributed by atoms with Gasteiger partial charge in [0.05, 0.1) is 6.20 Å². The lowest BCUT2D eigenvalue weighted by Crippen LogP contribution is -2.22. The molecule has 2 N–H and O–H groups in total. The van der Waals surface area contributed by atoms with Crippen molar-refractivity contribution in [2.45, 2.75) is 19.3 Å². The highest BCUT2D eigenvalue weighted by atomic mass is 16.4. The van der Waals surface area contributed by atoms with Gasteiger partial charge in [0.25, 0.3) is 0 Å². The Morgan fingerprint density at radius 2 is 2.14 bits per heavy atom. The molecule has 0 saturated heterocycles. The van der Waals surface area contributed by atoms with E-state index < -0.39 is 0 Å². The summed E-state index contributed by atoms with van der Waals surface area (Å²) >= 11 is 0. The molecule has 0 saturated carbocycles. The molecule has 110 valence electrons. The van der Waals surface area contributed by atoms with Gasteiger partial charge in [-0.15, -0.1) is 0 Å². The number of hydrogen-bond donors (Lipinski definition) is 2. The van der Waals surface area contributed by atoms with Crippen molar-refractivity contribution in [2.24, 2.45) is 0 Å². The summed E-state index contributed by atoms with van der Waals surface area (Å²) in [6, 6.07) is 7.21. The quantitative estimate of drug-likeness (QED) is 0.674. The van der Waals surface area contributed by atoms with Gasteiger partial charge in [0.2, 0.25) is 5.91 Å². The lowest BCUT2D eigenvalue weighted by Gasteiger charge is -2.22. The number of hydrogen-bond acceptors (Lipinski definition) is 4. The molecule has 3 aromatic rings. The molecular formula is C16H13N3O3. The maximum Gasteiger partial charge on any atom is 0.336 e. The van der Waals surface area contributed by atoms with Crippen LogP contribution in [-0.2, 0) is 4.79 Å². The molecule has 0 unspecified atom stereocenters. The Morgan fingerprint density at radius 3 is 3.00 bits per heavy atom. The van der Waals surface area contributed by atoms with Crippen LogP contribution < -0.4 is 10.9 Å². The molecule has 0 spiro atoms. The fourth-order valence-corrected chi connectivity index (χ4v) is 3.00. The average Bonchev–Trinajstić information content (AvgIpc) is 2.93. The molecule has 0 fully saturated rings. The molecule has 0 radical (unpaired) electrons. The Labute approximate surface area is 125 Å². The third kappa shape index (κ3) is 1.92. The van der Waals surface area contributed by atoms with Crippen molar-refractivity contribution in [1.82, 2.24) is 10.2 Å². The first kappa shape index (κ1) is 12.8. The summed E-state index contributed by atoms with van der Waals surface area (Å²) in [7, 11) is 0. The van der Waals surface area contributed by atoms with E-state index >= 15 is 0 Å². The predicted octanol–water partition coefficient (Wildman–Crippen LogP) is 2.30. The molecule has 6 heteroatoms. The van der Waals surface area contributed by atoms with Crippen molar-refractivity contribution in [1.29, 1.82) is 0 Å². The largest absolute Gasteiger partial charge is 0.423 e. The molecule has 0 aliphatic carbocycles. The summed E-state index contributed by atoms with van der Waals surface area (Å²) in [6.07, 6.45) is 2.06. The smallest absolute Gasteiger partial charge is 0.336 e. The molecule has 3 heterocycles. The maximum atomic E-state index is 11.8. The number of aryl methyl sites for hydroxylation is 1. The molecule has 1 atom stereocenters. The second kappa shape index (κ2) is 4.56. The van der Waals surface area contributed by atoms with Gasteiger partial charge in [0, 0.05) is 29.4 Å². The first-order chi connectivity index (χ1) is 10.6. The minimum absolute atomic E-state index is 0.0625. The minimum atomic E-state index is -0.368. The van der Waals surface area contributed by atoms with Gasteiger partial charge in [-0.1, -0.05) is 12.1 Å². The summed E-state index contributed by atoms with van der Waals surface area (Å²) in [5.74, 6) is 0.470. The van der Waals surface area contributed by atoms with E-state index in [1.165, 1.54) is 6.07 Å². The van der Waals surface area contributed by atoms with E-state index in [4.69, 9.17) is 4.42 Å². The topological polar surface area (TPSA) is 88.0 Å². The maximum absolute atomic E-state index is 11.8. The molecule has 4 rings (SSSR count). The zero-order chi connectivity index (χ0) is 15.3. The van der Waals surface area contributed by atoms with Crippen molar-refractivity contribution < 1.29 is 9.21 Å². The highest BCUT2D eigenvalue weighted by molar-refractivity contribution is 5.94. The second-order valence-corrected chi connectivity index (χ2v) is 5.51. The van der Waals surface area contributed by atoms with Crippen molar-refractivity contribution in [3.8, 4) is 0 Å². The number of nitrogens with one attached hydrogen (secondary N) is 2. The summed E-state index contributed by atoms with van der Waals surface area (Å²) in [4.78, 5) is 23.4. The third-order valence-electron chi connectivity index (χ3n) is 4.08. The van der Waals surface area contributed by atoms with E-state index in [2.05, 4.69) is 15.5 Å². The SMILES string of the molecule is Cc1cc(=O)oc2cc([C@@H]3CC(=O)Nc4[nH]ncc43)ccc12. The lowest BCUT2D eigenvalue weighted by molar-refractivity contribution is -0.116. The van der Waals surface area contributed by atoms with E-state index in [9.17, 15) is 9.59 Å². The monoisotopic (exact) mass is 295 g/mol. The summed E-state index contributed by atoms with van der Waals surface area (Å²) in [5, 5.41) is 10.4. The van der Waals surface area contributed by atoms with Crippen molar-refractivity contribution >= 4 is 22.7 Å². The number of fused-ring (bicyclic) bond motifs is 2. The van der Waals surface area contributed by atoms with Crippen molar-refractivity contribution in [2.75, 3.05) is 5.32 Å². The summed E-state index contributed by atoms with van der Waals surface area (Å²) in [5.41, 5.74) is 2.92. The fourth-order valence-electron chi connectivity index (χ4n) is 3.00. The molecule has 22 heavy (non-hydrogen) atoms. The van der Waals surface area contributed by atoms with Crippen LogP contribution in [0.15, 0.2) is 39.7 Å². The highest BCUT2D eigenvalue weighted by Gasteiger charge is 2.28. The Morgan fingerprint density at radius 1 is 1.27 bits per heavy atom. The molecule has 1 aromatic carbocycles. The van der Waals surface area contributed by atoms with Gasteiger partial charge in [0.15, 0.2) is 0 Å². The van der Waals surface area contributed by atoms with Crippen LogP contribution in [0.1, 0.15) is 29.0 Å². The second-order valence-electron chi connectivity index (χ2n) is 5.51. The van der Waals surface area contributed by atoms with E-state index in [1.54, 1.807) is 6.20 Å². The van der Waals surface area contributed by atoms with Gasteiger partial charge in [-0.25, -0.2) is 4.79 Å². The Balaban J connectivity index is 1.89. The number of anilines is 1. The van der Waals surface area contributed by atoms with E-state index in [0.717, 1.165) is 22.1 Å². The van der Waals surface area contributed by atoms with Crippen LogP contribution in [0.25, 0.3) is 11.0 Å². The Bertz CT molecular complexity index is 955. The predicted molar refractivity (Wildman–Crippen MR) is 80.9 cm³/mol. The van der Waals surface area contributed by atoms with Crippen LogP contribution in [0.5, 0.6) is 0 Å². The first-order valence-electron chi connectivity index (χ1n) is 6.99. The van der Waals surface area contributed by atoms with Crippen LogP contribution >= 0.6 is 0 Å². The van der Waals surface area contributed by atoms with Crippen LogP contribution in [0.4, 0.5) is 5.82 Å². The lowest BCUT2D eigenvalue weighted by atomic mass is 9.87. The third-order valence-corrected chi connectivity index (χ3v) is 4.08. The number of aromatic amines is 1. The number of rotatable bonds is 1. The highest BCUT2D eigenvalue weighted by Crippen LogP contribution is 2.36. The van der Waals surface area contributed by atoms with E-state index in [0.29, 0.717) is 17.8 Å². The number of nitrogens with zero attached hydrogens (tertiary/aromatic N) is 1. The van der Waals surface area contributed by atoms with Gasteiger partial charge in [0.1, 0.15) is 11.4 Å². The normalized spacial score (nSPS) is 17.3. The number of amides is 1. The Kier molecular flexibility index (Phi) is 2.66. The summed E-state index contributed by atoms with van der Waals surface area (Å²) in [6.45, 7) is 1.88. The number of carbonyl (C=O) groups excluding carboxylic acids is 1. The van der Waals surface area contributed by atoms with Gasteiger partial charge in [-0.3, -0.25) is 9.89 Å². The molecule has 6 nitrogen and oxygen atoms in total. The molecule has 1 aliphatic heterocycles. The van der Waals surface area contributed by atoms with Crippen molar-refractivity contribution in [3.63, 3.8) is 0 Å². The van der Waals surface area contributed by atoms with Crippen LogP contribution in [-0.4, -0.2) is 16.1 Å². The van der Waals surface area contributed by atoms with Crippen LogP contribution in [0.3, 0.4) is 0 Å². The Hall–Kier alpha value is -2.89. The van der Waals surface area contributed by atoms with E-state index in [1.807, 2.05) is 25.1 Å². The van der Waals surface area contributed by atoms with Gasteiger partial charge >= 0.3 is 5.63 Å². The minimum Gasteiger partial charge on any atom is -0.423 e. The molecule has 1 aliphatic rings. The van der Waals surface area contributed by atoms with Gasteiger partial charge < -0.3 is 9.73 Å². The van der Waals surface area contributed by atoms with Gasteiger partial charge in [-0.05, 0) is 24.1 Å². The fraction of sp³-hybridized carbons (Fsp3) is 0.188. The van der Waals surface area contributed by atoms with E-state index in [-0.39, 0.29) is 17.5 Å². The first-order valence-corrected chi connectivity index (χ1v) is 6.99. The summed E-state index contributed by atoms with van der Waals surface area (Å²) < 4.78 is 5.29. The molecular weight excluding hydrogens is 282 g/mol. The van der Waals surface area contributed by atoms with Crippen LogP contribution in [0.2, 0.25) is 0 Å². The molecule has 2 aromatic heterocycles. The van der Waals surface area contributed by atoms with Crippen LogP contribution in [0, 0.1) is 6.92 Å². The standard InChI is InChI=1S/C16H13N3O3/c1-8-4-15(21)22-13-5-9(2-3-10(8)13)11-6-14(20)18-16-12(11)7-17-19-16/h2-5,7,11H,6H2,1H3,(H2,17,18,19,20)/t11-/m0/s1. The van der Waals surface area contributed by atoms with Gasteiger partial charge in [-0.2, -0.15) is 5.10 Å². The zero-order valence-electron chi connectivity index (χ0n) is 11.8. The number of aromatic nitrogens is 2. The number of H-pyrrole nitrogens is 1. The number of benzene rings is 1. The molecule has 0 bridgehead atoms. The van der Waals surface area contributed by atoms with Crippen molar-refractivity contribution in [3.05, 3.63) is 57.6 Å². The molecule has 1 amide bonds.